The number of benzene rings is 3. The summed E-state index contributed by atoms with van der Waals surface area (Å²) >= 11 is 0. The van der Waals surface area contributed by atoms with Crippen LogP contribution in [0, 0.1) is 6.92 Å². The molecular formula is C23H19N2. The van der Waals surface area contributed by atoms with Crippen molar-refractivity contribution in [3.05, 3.63) is 103 Å². The van der Waals surface area contributed by atoms with Crippen LogP contribution in [0.4, 0.5) is 5.69 Å². The van der Waals surface area contributed by atoms with Gasteiger partial charge in [-0.25, -0.2) is 0 Å². The van der Waals surface area contributed by atoms with Crippen molar-refractivity contribution in [2.24, 2.45) is 0 Å². The SMILES string of the molecule is [CH2]c1cccc(-c2c(CNc3ccccc3)ccc3ccccc23)n1. The van der Waals surface area contributed by atoms with Gasteiger partial charge in [0.25, 0.3) is 0 Å². The Balaban J connectivity index is 1.82. The van der Waals surface area contributed by atoms with Gasteiger partial charge in [-0.2, -0.15) is 0 Å². The minimum Gasteiger partial charge on any atom is -0.381 e. The van der Waals surface area contributed by atoms with Crippen molar-refractivity contribution in [1.82, 2.24) is 4.98 Å². The minimum atomic E-state index is 0.743. The highest BCUT2D eigenvalue weighted by molar-refractivity contribution is 5.97. The quantitative estimate of drug-likeness (QED) is 0.521. The highest BCUT2D eigenvalue weighted by Crippen LogP contribution is 2.31. The van der Waals surface area contributed by atoms with Crippen molar-refractivity contribution in [2.45, 2.75) is 6.54 Å². The van der Waals surface area contributed by atoms with Crippen LogP contribution in [0.5, 0.6) is 0 Å². The van der Waals surface area contributed by atoms with Crippen LogP contribution < -0.4 is 5.32 Å². The Bertz CT molecular complexity index is 1010. The van der Waals surface area contributed by atoms with Gasteiger partial charge in [0.05, 0.1) is 5.69 Å². The lowest BCUT2D eigenvalue weighted by atomic mass is 9.96. The summed E-state index contributed by atoms with van der Waals surface area (Å²) in [5.41, 5.74) is 5.26. The highest BCUT2D eigenvalue weighted by atomic mass is 14.9. The highest BCUT2D eigenvalue weighted by Gasteiger charge is 2.11. The van der Waals surface area contributed by atoms with E-state index in [-0.39, 0.29) is 0 Å². The summed E-state index contributed by atoms with van der Waals surface area (Å²) < 4.78 is 0. The Morgan fingerprint density at radius 1 is 0.760 bits per heavy atom. The minimum absolute atomic E-state index is 0.743. The van der Waals surface area contributed by atoms with Crippen molar-refractivity contribution < 1.29 is 0 Å². The van der Waals surface area contributed by atoms with Gasteiger partial charge in [-0.3, -0.25) is 4.98 Å². The molecule has 3 aromatic carbocycles. The van der Waals surface area contributed by atoms with E-state index in [1.54, 1.807) is 0 Å². The summed E-state index contributed by atoms with van der Waals surface area (Å²) in [6.45, 7) is 4.73. The largest absolute Gasteiger partial charge is 0.381 e. The van der Waals surface area contributed by atoms with Crippen molar-refractivity contribution in [3.63, 3.8) is 0 Å². The van der Waals surface area contributed by atoms with Crippen LogP contribution in [0.2, 0.25) is 0 Å². The molecule has 1 N–H and O–H groups in total. The van der Waals surface area contributed by atoms with Crippen molar-refractivity contribution >= 4 is 16.5 Å². The number of hydrogen-bond acceptors (Lipinski definition) is 2. The lowest BCUT2D eigenvalue weighted by Gasteiger charge is -2.15. The van der Waals surface area contributed by atoms with E-state index in [4.69, 9.17) is 0 Å². The second-order valence-corrected chi connectivity index (χ2v) is 6.05. The summed E-state index contributed by atoms with van der Waals surface area (Å²) in [7, 11) is 0. The van der Waals surface area contributed by atoms with Crippen LogP contribution in [-0.4, -0.2) is 4.98 Å². The Kier molecular flexibility index (Phi) is 4.17. The first-order chi connectivity index (χ1) is 12.3. The molecule has 2 heteroatoms. The molecular weight excluding hydrogens is 304 g/mol. The molecule has 4 rings (SSSR count). The second kappa shape index (κ2) is 6.78. The predicted octanol–water partition coefficient (Wildman–Crippen LogP) is 5.70. The fraction of sp³-hybridized carbons (Fsp3) is 0.0435. The van der Waals surface area contributed by atoms with Gasteiger partial charge in [-0.05, 0) is 47.5 Å². The average Bonchev–Trinajstić information content (AvgIpc) is 2.66. The first-order valence-electron chi connectivity index (χ1n) is 8.40. The standard InChI is InChI=1S/C23H19N2/c1-17-8-7-13-22(25-17)23-19(16-24-20-10-3-2-4-11-20)15-14-18-9-5-6-12-21(18)23/h2-15,24H,1,16H2. The molecule has 0 aliphatic carbocycles. The maximum absolute atomic E-state index is 4.67. The molecule has 0 atom stereocenters. The zero-order valence-corrected chi connectivity index (χ0v) is 13.9. The zero-order chi connectivity index (χ0) is 17.1. The first-order valence-corrected chi connectivity index (χ1v) is 8.40. The number of pyridine rings is 1. The van der Waals surface area contributed by atoms with Crippen molar-refractivity contribution in [1.29, 1.82) is 0 Å². The molecule has 0 aliphatic heterocycles. The van der Waals surface area contributed by atoms with Gasteiger partial charge >= 0.3 is 0 Å². The van der Waals surface area contributed by atoms with Crippen LogP contribution in [0.25, 0.3) is 22.0 Å². The molecule has 1 heterocycles. The molecule has 2 nitrogen and oxygen atoms in total. The number of anilines is 1. The van der Waals surface area contributed by atoms with Gasteiger partial charge in [0.1, 0.15) is 0 Å². The summed E-state index contributed by atoms with van der Waals surface area (Å²) in [5, 5.41) is 5.94. The number of para-hydroxylation sites is 1. The Morgan fingerprint density at radius 2 is 1.56 bits per heavy atom. The molecule has 0 fully saturated rings. The van der Waals surface area contributed by atoms with E-state index >= 15 is 0 Å². The molecule has 0 spiro atoms. The van der Waals surface area contributed by atoms with E-state index in [2.05, 4.69) is 71.8 Å². The van der Waals surface area contributed by atoms with Gasteiger partial charge in [-0.1, -0.05) is 60.7 Å². The number of fused-ring (bicyclic) bond motifs is 1. The molecule has 0 amide bonds. The van der Waals surface area contributed by atoms with Gasteiger partial charge in [0.2, 0.25) is 0 Å². The molecule has 25 heavy (non-hydrogen) atoms. The molecule has 4 aromatic rings. The predicted molar refractivity (Wildman–Crippen MR) is 105 cm³/mol. The number of aromatic nitrogens is 1. The van der Waals surface area contributed by atoms with Crippen molar-refractivity contribution in [2.75, 3.05) is 5.32 Å². The molecule has 0 saturated heterocycles. The third-order valence-electron chi connectivity index (χ3n) is 4.33. The van der Waals surface area contributed by atoms with Crippen molar-refractivity contribution in [3.8, 4) is 11.3 Å². The maximum Gasteiger partial charge on any atom is 0.0714 e. The summed E-state index contributed by atoms with van der Waals surface area (Å²) in [4.78, 5) is 4.67. The molecule has 1 radical (unpaired) electrons. The molecule has 0 aliphatic rings. The molecule has 121 valence electrons. The number of hydrogen-bond donors (Lipinski definition) is 1. The van der Waals surface area contributed by atoms with Gasteiger partial charge in [0.15, 0.2) is 0 Å². The lowest BCUT2D eigenvalue weighted by molar-refractivity contribution is 1.15. The summed E-state index contributed by atoms with van der Waals surface area (Å²) in [5.74, 6) is 0. The van der Waals surface area contributed by atoms with E-state index in [1.165, 1.54) is 21.9 Å². The average molecular weight is 323 g/mol. The first kappa shape index (κ1) is 15.4. The fourth-order valence-electron chi connectivity index (χ4n) is 3.14. The Morgan fingerprint density at radius 3 is 2.40 bits per heavy atom. The van der Waals surface area contributed by atoms with E-state index in [9.17, 15) is 0 Å². The van der Waals surface area contributed by atoms with Gasteiger partial charge < -0.3 is 5.32 Å². The van der Waals surface area contributed by atoms with Crippen LogP contribution in [0.1, 0.15) is 11.3 Å². The lowest BCUT2D eigenvalue weighted by Crippen LogP contribution is -2.02. The normalized spacial score (nSPS) is 10.8. The molecule has 1 aromatic heterocycles. The molecule has 0 bridgehead atoms. The maximum atomic E-state index is 4.67. The smallest absolute Gasteiger partial charge is 0.0714 e. The van der Waals surface area contributed by atoms with Crippen LogP contribution in [0.15, 0.2) is 84.9 Å². The number of rotatable bonds is 4. The topological polar surface area (TPSA) is 24.9 Å². The Labute approximate surface area is 148 Å². The van der Waals surface area contributed by atoms with E-state index in [0.29, 0.717) is 0 Å². The summed E-state index contributed by atoms with van der Waals surface area (Å²) in [6, 6.07) is 29.1. The van der Waals surface area contributed by atoms with E-state index in [0.717, 1.165) is 23.6 Å². The monoisotopic (exact) mass is 323 g/mol. The third-order valence-corrected chi connectivity index (χ3v) is 4.33. The fourth-order valence-corrected chi connectivity index (χ4v) is 3.14. The second-order valence-electron chi connectivity index (χ2n) is 6.05. The van der Waals surface area contributed by atoms with E-state index in [1.807, 2.05) is 30.3 Å². The molecule has 0 unspecified atom stereocenters. The van der Waals surface area contributed by atoms with Gasteiger partial charge in [0, 0.05) is 23.5 Å². The summed E-state index contributed by atoms with van der Waals surface area (Å²) in [6.07, 6.45) is 0. The molecule has 0 saturated carbocycles. The third kappa shape index (κ3) is 3.24. The zero-order valence-electron chi connectivity index (χ0n) is 13.9. The van der Waals surface area contributed by atoms with E-state index < -0.39 is 0 Å². The van der Waals surface area contributed by atoms with Crippen LogP contribution >= 0.6 is 0 Å². The Hall–Kier alpha value is -3.13. The number of nitrogens with one attached hydrogen (secondary N) is 1. The van der Waals surface area contributed by atoms with Crippen LogP contribution in [0.3, 0.4) is 0 Å². The van der Waals surface area contributed by atoms with Crippen LogP contribution in [-0.2, 0) is 6.54 Å². The number of nitrogens with zero attached hydrogens (tertiary/aromatic N) is 1. The van der Waals surface area contributed by atoms with Gasteiger partial charge in [-0.15, -0.1) is 0 Å².